The van der Waals surface area contributed by atoms with Crippen LogP contribution in [0.2, 0.25) is 0 Å². The van der Waals surface area contributed by atoms with E-state index in [1.807, 2.05) is 39.0 Å². The van der Waals surface area contributed by atoms with Crippen molar-refractivity contribution in [3.8, 4) is 5.82 Å². The van der Waals surface area contributed by atoms with Crippen LogP contribution < -0.4 is 10.6 Å². The van der Waals surface area contributed by atoms with Crippen molar-refractivity contribution in [1.82, 2.24) is 25.4 Å². The first-order chi connectivity index (χ1) is 11.0. The van der Waals surface area contributed by atoms with E-state index in [1.165, 1.54) is 0 Å². The Labute approximate surface area is 135 Å². The fourth-order valence-corrected chi connectivity index (χ4v) is 2.20. The number of aromatic nitrogens is 3. The summed E-state index contributed by atoms with van der Waals surface area (Å²) in [7, 11) is 0. The molecule has 7 heteroatoms. The van der Waals surface area contributed by atoms with Crippen LogP contribution >= 0.6 is 0 Å². The fraction of sp³-hybridized carbons (Fsp3) is 0.438. The van der Waals surface area contributed by atoms with E-state index < -0.39 is 0 Å². The van der Waals surface area contributed by atoms with Crippen LogP contribution in [0, 0.1) is 13.8 Å². The number of pyridine rings is 1. The smallest absolute Gasteiger partial charge is 0.315 e. The van der Waals surface area contributed by atoms with Crippen LogP contribution in [-0.2, 0) is 6.54 Å². The van der Waals surface area contributed by atoms with E-state index in [0.717, 1.165) is 22.8 Å². The van der Waals surface area contributed by atoms with Crippen molar-refractivity contribution in [2.45, 2.75) is 39.8 Å². The minimum Gasteiger partial charge on any atom is -0.394 e. The van der Waals surface area contributed by atoms with Gasteiger partial charge in [0.05, 0.1) is 18.3 Å². The Kier molecular flexibility index (Phi) is 5.70. The Hall–Kier alpha value is -2.41. The number of aryl methyl sites for hydroxylation is 2. The van der Waals surface area contributed by atoms with Crippen molar-refractivity contribution in [1.29, 1.82) is 0 Å². The van der Waals surface area contributed by atoms with E-state index in [9.17, 15) is 4.79 Å². The third-order valence-electron chi connectivity index (χ3n) is 3.54. The number of rotatable bonds is 6. The van der Waals surface area contributed by atoms with Gasteiger partial charge in [-0.2, -0.15) is 5.10 Å². The van der Waals surface area contributed by atoms with Crippen molar-refractivity contribution in [2.24, 2.45) is 0 Å². The average molecular weight is 317 g/mol. The van der Waals surface area contributed by atoms with Crippen LogP contribution in [0.4, 0.5) is 4.79 Å². The van der Waals surface area contributed by atoms with Gasteiger partial charge in [-0.25, -0.2) is 14.5 Å². The molecular formula is C16H23N5O2. The molecule has 0 fully saturated rings. The second-order valence-corrected chi connectivity index (χ2v) is 5.48. The summed E-state index contributed by atoms with van der Waals surface area (Å²) < 4.78 is 1.78. The lowest BCUT2D eigenvalue weighted by Gasteiger charge is -2.14. The van der Waals surface area contributed by atoms with E-state index in [-0.39, 0.29) is 18.7 Å². The van der Waals surface area contributed by atoms with Gasteiger partial charge in [0.2, 0.25) is 0 Å². The number of nitrogens with one attached hydrogen (secondary N) is 2. The van der Waals surface area contributed by atoms with Crippen molar-refractivity contribution in [3.63, 3.8) is 0 Å². The van der Waals surface area contributed by atoms with E-state index in [2.05, 4.69) is 20.7 Å². The Morgan fingerprint density at radius 3 is 2.70 bits per heavy atom. The lowest BCUT2D eigenvalue weighted by Crippen LogP contribution is -2.43. The van der Waals surface area contributed by atoms with Crippen molar-refractivity contribution >= 4 is 6.03 Å². The van der Waals surface area contributed by atoms with Gasteiger partial charge in [-0.05, 0) is 38.0 Å². The molecule has 0 unspecified atom stereocenters. The van der Waals surface area contributed by atoms with Gasteiger partial charge in [-0.3, -0.25) is 0 Å². The van der Waals surface area contributed by atoms with Crippen LogP contribution in [0.15, 0.2) is 24.4 Å². The molecule has 0 aromatic carbocycles. The molecule has 124 valence electrons. The zero-order valence-electron chi connectivity index (χ0n) is 13.7. The summed E-state index contributed by atoms with van der Waals surface area (Å²) in [5, 5.41) is 18.9. The Morgan fingerprint density at radius 1 is 1.39 bits per heavy atom. The molecule has 0 bridgehead atoms. The highest BCUT2D eigenvalue weighted by atomic mass is 16.3. The summed E-state index contributed by atoms with van der Waals surface area (Å²) in [6, 6.07) is 5.25. The predicted octanol–water partition coefficient (Wildman–Crippen LogP) is 1.45. The Bertz CT molecular complexity index is 647. The highest BCUT2D eigenvalue weighted by molar-refractivity contribution is 5.74. The maximum atomic E-state index is 11.7. The molecule has 23 heavy (non-hydrogen) atoms. The zero-order valence-corrected chi connectivity index (χ0v) is 13.7. The van der Waals surface area contributed by atoms with E-state index in [4.69, 9.17) is 5.11 Å². The monoisotopic (exact) mass is 317 g/mol. The quantitative estimate of drug-likeness (QED) is 0.752. The number of carbonyl (C=O) groups is 1. The van der Waals surface area contributed by atoms with Gasteiger partial charge in [0, 0.05) is 18.4 Å². The van der Waals surface area contributed by atoms with E-state index in [0.29, 0.717) is 13.0 Å². The summed E-state index contributed by atoms with van der Waals surface area (Å²) >= 11 is 0. The molecule has 7 nitrogen and oxygen atoms in total. The summed E-state index contributed by atoms with van der Waals surface area (Å²) in [6.07, 6.45) is 2.40. The molecule has 0 spiro atoms. The largest absolute Gasteiger partial charge is 0.394 e. The molecule has 3 N–H and O–H groups in total. The summed E-state index contributed by atoms with van der Waals surface area (Å²) in [5.41, 5.74) is 2.86. The normalized spacial score (nSPS) is 12.0. The van der Waals surface area contributed by atoms with E-state index >= 15 is 0 Å². The Morgan fingerprint density at radius 2 is 2.17 bits per heavy atom. The van der Waals surface area contributed by atoms with Crippen molar-refractivity contribution in [2.75, 3.05) is 6.61 Å². The summed E-state index contributed by atoms with van der Waals surface area (Å²) in [5.74, 6) is 0.745. The van der Waals surface area contributed by atoms with Gasteiger partial charge in [0.15, 0.2) is 5.82 Å². The molecule has 2 amide bonds. The maximum Gasteiger partial charge on any atom is 0.315 e. The van der Waals surface area contributed by atoms with Gasteiger partial charge in [0.25, 0.3) is 0 Å². The third kappa shape index (κ3) is 4.53. The van der Waals surface area contributed by atoms with Crippen molar-refractivity contribution in [3.05, 3.63) is 41.3 Å². The lowest BCUT2D eigenvalue weighted by atomic mass is 10.2. The minimum absolute atomic E-state index is 0.0667. The number of hydrogen-bond donors (Lipinski definition) is 3. The Balaban J connectivity index is 1.93. The molecule has 0 aliphatic rings. The second-order valence-electron chi connectivity index (χ2n) is 5.48. The number of aliphatic hydroxyl groups excluding tert-OH is 1. The second kappa shape index (κ2) is 7.73. The number of amides is 2. The molecule has 0 aliphatic heterocycles. The van der Waals surface area contributed by atoms with Crippen LogP contribution in [0.3, 0.4) is 0 Å². The minimum atomic E-state index is -0.298. The molecule has 0 radical (unpaired) electrons. The molecule has 2 aromatic rings. The predicted molar refractivity (Wildman–Crippen MR) is 87.4 cm³/mol. The number of nitrogens with zero attached hydrogens (tertiary/aromatic N) is 3. The molecule has 0 saturated carbocycles. The first kappa shape index (κ1) is 17.0. The van der Waals surface area contributed by atoms with Gasteiger partial charge in [-0.15, -0.1) is 0 Å². The highest BCUT2D eigenvalue weighted by Gasteiger charge is 2.09. The van der Waals surface area contributed by atoms with Gasteiger partial charge >= 0.3 is 6.03 Å². The number of hydrogen-bond acceptors (Lipinski definition) is 4. The van der Waals surface area contributed by atoms with Crippen LogP contribution in [-0.4, -0.2) is 38.6 Å². The molecule has 2 rings (SSSR count). The maximum absolute atomic E-state index is 11.7. The van der Waals surface area contributed by atoms with E-state index in [1.54, 1.807) is 10.9 Å². The lowest BCUT2D eigenvalue weighted by molar-refractivity contribution is 0.214. The van der Waals surface area contributed by atoms with Crippen LogP contribution in [0.5, 0.6) is 0 Å². The topological polar surface area (TPSA) is 92.1 Å². The molecule has 1 atom stereocenters. The highest BCUT2D eigenvalue weighted by Crippen LogP contribution is 2.10. The molecule has 2 aromatic heterocycles. The zero-order chi connectivity index (χ0) is 16.8. The molecule has 2 heterocycles. The SMILES string of the molecule is CC[C@@H](CO)NC(=O)NCc1ccc(-n2nc(C)cc2C)nc1. The van der Waals surface area contributed by atoms with Gasteiger partial charge in [-0.1, -0.05) is 13.0 Å². The van der Waals surface area contributed by atoms with Crippen LogP contribution in [0.1, 0.15) is 30.3 Å². The van der Waals surface area contributed by atoms with Crippen molar-refractivity contribution < 1.29 is 9.90 Å². The first-order valence-corrected chi connectivity index (χ1v) is 7.67. The molecular weight excluding hydrogens is 294 g/mol. The standard InChI is InChI=1S/C16H23N5O2/c1-4-14(10-22)19-16(23)18-9-13-5-6-15(17-8-13)21-12(3)7-11(2)20-21/h5-8,14,22H,4,9-10H2,1-3H3,(H2,18,19,23)/t14-/m0/s1. The average Bonchev–Trinajstić information content (AvgIpc) is 2.89. The number of carbonyl (C=O) groups excluding carboxylic acids is 1. The fourth-order valence-electron chi connectivity index (χ4n) is 2.20. The van der Waals surface area contributed by atoms with Crippen LogP contribution in [0.25, 0.3) is 5.82 Å². The molecule has 0 saturated heterocycles. The number of urea groups is 1. The summed E-state index contributed by atoms with van der Waals surface area (Å²) in [4.78, 5) is 16.1. The number of aliphatic hydroxyl groups is 1. The summed E-state index contributed by atoms with van der Waals surface area (Å²) in [6.45, 7) is 6.13. The molecule has 0 aliphatic carbocycles. The first-order valence-electron chi connectivity index (χ1n) is 7.67. The van der Waals surface area contributed by atoms with Gasteiger partial charge < -0.3 is 15.7 Å². The van der Waals surface area contributed by atoms with Gasteiger partial charge in [0.1, 0.15) is 0 Å². The third-order valence-corrected chi connectivity index (χ3v) is 3.54.